The SMILES string of the molecule is CCC1CCCCCN1C(=O)c1ccnc(NC)c1F. The summed E-state index contributed by atoms with van der Waals surface area (Å²) in [7, 11) is 1.60. The third-order valence-corrected chi connectivity index (χ3v) is 3.97. The van der Waals surface area contributed by atoms with Gasteiger partial charge in [-0.2, -0.15) is 0 Å². The average molecular weight is 279 g/mol. The van der Waals surface area contributed by atoms with Gasteiger partial charge in [-0.05, 0) is 25.3 Å². The predicted molar refractivity (Wildman–Crippen MR) is 77.3 cm³/mol. The molecule has 1 aromatic heterocycles. The lowest BCUT2D eigenvalue weighted by atomic mass is 10.1. The Morgan fingerprint density at radius 3 is 3.00 bits per heavy atom. The lowest BCUT2D eigenvalue weighted by Crippen LogP contribution is -2.40. The first kappa shape index (κ1) is 14.8. The molecule has 1 amide bonds. The number of halogens is 1. The summed E-state index contributed by atoms with van der Waals surface area (Å²) in [4.78, 5) is 18.4. The average Bonchev–Trinajstić information content (AvgIpc) is 2.72. The molecule has 110 valence electrons. The van der Waals surface area contributed by atoms with E-state index in [2.05, 4.69) is 17.2 Å². The van der Waals surface area contributed by atoms with Crippen LogP contribution in [-0.4, -0.2) is 35.4 Å². The third kappa shape index (κ3) is 2.92. The van der Waals surface area contributed by atoms with Crippen molar-refractivity contribution in [2.75, 3.05) is 18.9 Å². The van der Waals surface area contributed by atoms with Crippen LogP contribution in [0.1, 0.15) is 49.4 Å². The lowest BCUT2D eigenvalue weighted by Gasteiger charge is -2.29. The molecule has 1 aromatic rings. The van der Waals surface area contributed by atoms with Crippen molar-refractivity contribution >= 4 is 11.7 Å². The number of amides is 1. The van der Waals surface area contributed by atoms with Crippen LogP contribution < -0.4 is 5.32 Å². The molecular weight excluding hydrogens is 257 g/mol. The van der Waals surface area contributed by atoms with E-state index in [1.54, 1.807) is 7.05 Å². The highest BCUT2D eigenvalue weighted by atomic mass is 19.1. The maximum Gasteiger partial charge on any atom is 0.257 e. The Kier molecular flexibility index (Phi) is 4.93. The minimum Gasteiger partial charge on any atom is -0.371 e. The van der Waals surface area contributed by atoms with Gasteiger partial charge in [0.1, 0.15) is 0 Å². The molecule has 0 radical (unpaired) electrons. The molecule has 1 N–H and O–H groups in total. The highest BCUT2D eigenvalue weighted by Crippen LogP contribution is 2.23. The van der Waals surface area contributed by atoms with E-state index in [-0.39, 0.29) is 23.3 Å². The summed E-state index contributed by atoms with van der Waals surface area (Å²) >= 11 is 0. The number of aromatic nitrogens is 1. The van der Waals surface area contributed by atoms with E-state index >= 15 is 0 Å². The van der Waals surface area contributed by atoms with E-state index < -0.39 is 5.82 Å². The second-order valence-electron chi connectivity index (χ2n) is 5.18. The summed E-state index contributed by atoms with van der Waals surface area (Å²) in [5.74, 6) is -0.645. The van der Waals surface area contributed by atoms with Crippen LogP contribution in [0.4, 0.5) is 10.2 Å². The molecule has 4 nitrogen and oxygen atoms in total. The molecule has 2 rings (SSSR count). The molecule has 0 bridgehead atoms. The first-order valence-electron chi connectivity index (χ1n) is 7.32. The van der Waals surface area contributed by atoms with E-state index in [1.165, 1.54) is 12.3 Å². The van der Waals surface area contributed by atoms with Crippen LogP contribution in [0.3, 0.4) is 0 Å². The van der Waals surface area contributed by atoms with Crippen molar-refractivity contribution in [1.29, 1.82) is 0 Å². The molecule has 1 atom stereocenters. The fraction of sp³-hybridized carbons (Fsp3) is 0.600. The number of anilines is 1. The molecule has 1 aliphatic heterocycles. The van der Waals surface area contributed by atoms with Gasteiger partial charge < -0.3 is 10.2 Å². The van der Waals surface area contributed by atoms with Gasteiger partial charge in [-0.25, -0.2) is 9.37 Å². The van der Waals surface area contributed by atoms with Crippen molar-refractivity contribution in [3.05, 3.63) is 23.6 Å². The summed E-state index contributed by atoms with van der Waals surface area (Å²) in [5, 5.41) is 2.67. The van der Waals surface area contributed by atoms with Gasteiger partial charge in [-0.3, -0.25) is 4.79 Å². The molecule has 20 heavy (non-hydrogen) atoms. The Morgan fingerprint density at radius 2 is 2.30 bits per heavy atom. The maximum absolute atomic E-state index is 14.2. The first-order chi connectivity index (χ1) is 9.69. The summed E-state index contributed by atoms with van der Waals surface area (Å²) < 4.78 is 14.2. The Balaban J connectivity index is 2.29. The molecule has 1 aliphatic rings. The Morgan fingerprint density at radius 1 is 1.50 bits per heavy atom. The zero-order valence-electron chi connectivity index (χ0n) is 12.2. The fourth-order valence-electron chi connectivity index (χ4n) is 2.81. The number of hydrogen-bond donors (Lipinski definition) is 1. The summed E-state index contributed by atoms with van der Waals surface area (Å²) in [5.41, 5.74) is 0.115. The van der Waals surface area contributed by atoms with Crippen LogP contribution in [0.2, 0.25) is 0 Å². The quantitative estimate of drug-likeness (QED) is 0.925. The van der Waals surface area contributed by atoms with E-state index in [9.17, 15) is 9.18 Å². The van der Waals surface area contributed by atoms with Crippen LogP contribution >= 0.6 is 0 Å². The van der Waals surface area contributed by atoms with Crippen molar-refractivity contribution in [1.82, 2.24) is 9.88 Å². The number of carbonyl (C=O) groups excluding carboxylic acids is 1. The second kappa shape index (κ2) is 6.68. The standard InChI is InChI=1S/C15H22FN3O/c1-3-11-7-5-4-6-10-19(11)15(20)12-8-9-18-14(17-2)13(12)16/h8-9,11H,3-7,10H2,1-2H3,(H,17,18). The van der Waals surface area contributed by atoms with Crippen LogP contribution in [0.5, 0.6) is 0 Å². The van der Waals surface area contributed by atoms with Crippen molar-refractivity contribution in [2.24, 2.45) is 0 Å². The molecule has 0 aromatic carbocycles. The van der Waals surface area contributed by atoms with Gasteiger partial charge in [0, 0.05) is 25.8 Å². The van der Waals surface area contributed by atoms with Gasteiger partial charge in [0.05, 0.1) is 5.56 Å². The van der Waals surface area contributed by atoms with Gasteiger partial charge in [0.2, 0.25) is 0 Å². The van der Waals surface area contributed by atoms with Crippen molar-refractivity contribution in [2.45, 2.75) is 45.1 Å². The van der Waals surface area contributed by atoms with Gasteiger partial charge in [-0.15, -0.1) is 0 Å². The minimum atomic E-state index is -0.556. The first-order valence-corrected chi connectivity index (χ1v) is 7.32. The van der Waals surface area contributed by atoms with Crippen molar-refractivity contribution in [3.8, 4) is 0 Å². The number of rotatable bonds is 3. The van der Waals surface area contributed by atoms with E-state index in [4.69, 9.17) is 0 Å². The van der Waals surface area contributed by atoms with Gasteiger partial charge in [0.25, 0.3) is 5.91 Å². The Hall–Kier alpha value is -1.65. The lowest BCUT2D eigenvalue weighted by molar-refractivity contribution is 0.0673. The van der Waals surface area contributed by atoms with Crippen LogP contribution in [0.15, 0.2) is 12.3 Å². The maximum atomic E-state index is 14.2. The third-order valence-electron chi connectivity index (χ3n) is 3.97. The van der Waals surface area contributed by atoms with Crippen molar-refractivity contribution < 1.29 is 9.18 Å². The Bertz CT molecular complexity index is 478. The zero-order chi connectivity index (χ0) is 14.5. The highest BCUT2D eigenvalue weighted by molar-refractivity contribution is 5.95. The van der Waals surface area contributed by atoms with E-state index in [0.717, 1.165) is 32.1 Å². The summed E-state index contributed by atoms with van der Waals surface area (Å²) in [6.07, 6.45) is 6.67. The number of likely N-dealkylation sites (tertiary alicyclic amines) is 1. The molecule has 1 unspecified atom stereocenters. The zero-order valence-corrected chi connectivity index (χ0v) is 12.2. The number of nitrogens with zero attached hydrogens (tertiary/aromatic N) is 2. The number of hydrogen-bond acceptors (Lipinski definition) is 3. The van der Waals surface area contributed by atoms with Crippen molar-refractivity contribution in [3.63, 3.8) is 0 Å². The molecule has 2 heterocycles. The molecule has 1 fully saturated rings. The van der Waals surface area contributed by atoms with Crippen LogP contribution in [-0.2, 0) is 0 Å². The molecule has 0 aliphatic carbocycles. The minimum absolute atomic E-state index is 0.115. The van der Waals surface area contributed by atoms with Crippen LogP contribution in [0, 0.1) is 5.82 Å². The monoisotopic (exact) mass is 279 g/mol. The number of carbonyl (C=O) groups is 1. The largest absolute Gasteiger partial charge is 0.371 e. The summed E-state index contributed by atoms with van der Waals surface area (Å²) in [6, 6.07) is 1.69. The smallest absolute Gasteiger partial charge is 0.257 e. The molecule has 0 spiro atoms. The summed E-state index contributed by atoms with van der Waals surface area (Å²) in [6.45, 7) is 2.80. The van der Waals surface area contributed by atoms with Gasteiger partial charge >= 0.3 is 0 Å². The molecule has 0 saturated carbocycles. The second-order valence-corrected chi connectivity index (χ2v) is 5.18. The Labute approximate surface area is 119 Å². The predicted octanol–water partition coefficient (Wildman–Crippen LogP) is 3.06. The van der Waals surface area contributed by atoms with E-state index in [0.29, 0.717) is 6.54 Å². The number of pyridine rings is 1. The highest BCUT2D eigenvalue weighted by Gasteiger charge is 2.27. The number of nitrogens with one attached hydrogen (secondary N) is 1. The van der Waals surface area contributed by atoms with E-state index in [1.807, 2.05) is 4.90 Å². The topological polar surface area (TPSA) is 45.2 Å². The van der Waals surface area contributed by atoms with Gasteiger partial charge in [-0.1, -0.05) is 19.8 Å². The normalized spacial score (nSPS) is 19.6. The molecule has 5 heteroatoms. The fourth-order valence-corrected chi connectivity index (χ4v) is 2.81. The molecular formula is C15H22FN3O. The molecule has 1 saturated heterocycles. The van der Waals surface area contributed by atoms with Gasteiger partial charge in [0.15, 0.2) is 11.6 Å². The van der Waals surface area contributed by atoms with Crippen LogP contribution in [0.25, 0.3) is 0 Å².